The molecule has 1 aromatic heterocycles. The number of anilines is 3. The van der Waals surface area contributed by atoms with E-state index < -0.39 is 0 Å². The second-order valence-corrected chi connectivity index (χ2v) is 10.0. The van der Waals surface area contributed by atoms with Crippen molar-refractivity contribution < 1.29 is 9.59 Å². The highest BCUT2D eigenvalue weighted by Crippen LogP contribution is 2.37. The second-order valence-electron chi connectivity index (χ2n) is 6.90. The largest absolute Gasteiger partial charge is 0.372 e. The SMILES string of the molecule is CNc1cn(C)c(C(=O)Nc2ccc(NC(=O)CCC(C)(C)SSC)cc2)n1. The third kappa shape index (κ3) is 6.49. The fourth-order valence-electron chi connectivity index (χ4n) is 2.53. The number of aromatic nitrogens is 2. The summed E-state index contributed by atoms with van der Waals surface area (Å²) >= 11 is 0. The van der Waals surface area contributed by atoms with E-state index in [1.54, 1.807) is 70.7 Å². The predicted octanol–water partition coefficient (Wildman–Crippen LogP) is 4.22. The first kappa shape index (κ1) is 22.2. The Bertz CT molecular complexity index is 818. The Labute approximate surface area is 173 Å². The van der Waals surface area contributed by atoms with Gasteiger partial charge in [-0.25, -0.2) is 4.98 Å². The number of imidazole rings is 1. The van der Waals surface area contributed by atoms with Crippen molar-refractivity contribution in [3.63, 3.8) is 0 Å². The number of hydrogen-bond donors (Lipinski definition) is 3. The van der Waals surface area contributed by atoms with Gasteiger partial charge in [-0.15, -0.1) is 0 Å². The minimum Gasteiger partial charge on any atom is -0.372 e. The number of nitrogens with zero attached hydrogens (tertiary/aromatic N) is 2. The molecule has 2 aromatic rings. The van der Waals surface area contributed by atoms with Crippen LogP contribution in [0.25, 0.3) is 0 Å². The quantitative estimate of drug-likeness (QED) is 0.525. The first-order valence-electron chi connectivity index (χ1n) is 8.88. The van der Waals surface area contributed by atoms with Gasteiger partial charge < -0.3 is 20.5 Å². The molecule has 0 spiro atoms. The maximum absolute atomic E-state index is 12.4. The van der Waals surface area contributed by atoms with Gasteiger partial charge >= 0.3 is 0 Å². The van der Waals surface area contributed by atoms with E-state index in [-0.39, 0.29) is 16.6 Å². The molecule has 0 fully saturated rings. The Morgan fingerprint density at radius 1 is 1.14 bits per heavy atom. The van der Waals surface area contributed by atoms with Crippen LogP contribution in [0.1, 0.15) is 37.3 Å². The molecule has 2 amide bonds. The Balaban J connectivity index is 1.89. The molecule has 1 aromatic carbocycles. The topological polar surface area (TPSA) is 88.0 Å². The van der Waals surface area contributed by atoms with Crippen molar-refractivity contribution in [2.75, 3.05) is 29.3 Å². The fraction of sp³-hybridized carbons (Fsp3) is 0.421. The van der Waals surface area contributed by atoms with Crippen LogP contribution in [0.3, 0.4) is 0 Å². The van der Waals surface area contributed by atoms with Crippen molar-refractivity contribution in [1.29, 1.82) is 0 Å². The molecule has 0 radical (unpaired) electrons. The van der Waals surface area contributed by atoms with Crippen LogP contribution in [0.4, 0.5) is 17.2 Å². The van der Waals surface area contributed by atoms with Crippen LogP contribution >= 0.6 is 21.6 Å². The fourth-order valence-corrected chi connectivity index (χ4v) is 4.77. The number of carbonyl (C=O) groups excluding carboxylic acids is 2. The molecule has 2 rings (SSSR count). The van der Waals surface area contributed by atoms with Crippen LogP contribution in [0.5, 0.6) is 0 Å². The zero-order valence-electron chi connectivity index (χ0n) is 16.8. The van der Waals surface area contributed by atoms with Crippen LogP contribution < -0.4 is 16.0 Å². The molecule has 152 valence electrons. The monoisotopic (exact) mass is 421 g/mol. The summed E-state index contributed by atoms with van der Waals surface area (Å²) in [6.07, 6.45) is 5.05. The normalized spacial score (nSPS) is 11.2. The molecule has 0 saturated carbocycles. The number of amides is 2. The van der Waals surface area contributed by atoms with Crippen molar-refractivity contribution in [2.45, 2.75) is 31.4 Å². The third-order valence-corrected chi connectivity index (χ3v) is 6.70. The number of benzene rings is 1. The maximum atomic E-state index is 12.4. The van der Waals surface area contributed by atoms with E-state index in [0.717, 1.165) is 6.42 Å². The van der Waals surface area contributed by atoms with Crippen molar-refractivity contribution in [1.82, 2.24) is 9.55 Å². The van der Waals surface area contributed by atoms with Crippen molar-refractivity contribution in [3.8, 4) is 0 Å². The molecular weight excluding hydrogens is 394 g/mol. The van der Waals surface area contributed by atoms with Crippen molar-refractivity contribution in [3.05, 3.63) is 36.3 Å². The number of nitrogens with one attached hydrogen (secondary N) is 3. The van der Waals surface area contributed by atoms with Gasteiger partial charge in [0, 0.05) is 42.8 Å². The molecule has 0 unspecified atom stereocenters. The first-order chi connectivity index (χ1) is 13.2. The van der Waals surface area contributed by atoms with E-state index in [2.05, 4.69) is 34.8 Å². The highest BCUT2D eigenvalue weighted by Gasteiger charge is 2.19. The number of aryl methyl sites for hydroxylation is 1. The van der Waals surface area contributed by atoms with E-state index in [4.69, 9.17) is 0 Å². The number of carbonyl (C=O) groups is 2. The summed E-state index contributed by atoms with van der Waals surface area (Å²) in [5.74, 6) is 0.630. The Hall–Kier alpha value is -2.13. The van der Waals surface area contributed by atoms with Crippen molar-refractivity contribution >= 4 is 50.6 Å². The summed E-state index contributed by atoms with van der Waals surface area (Å²) < 4.78 is 1.72. The molecule has 0 saturated heterocycles. The molecule has 0 atom stereocenters. The maximum Gasteiger partial charge on any atom is 0.291 e. The lowest BCUT2D eigenvalue weighted by Gasteiger charge is -2.21. The Morgan fingerprint density at radius 2 is 1.75 bits per heavy atom. The molecule has 0 aliphatic carbocycles. The van der Waals surface area contributed by atoms with Gasteiger partial charge in [-0.05, 0) is 50.8 Å². The summed E-state index contributed by atoms with van der Waals surface area (Å²) in [7, 11) is 7.00. The molecule has 28 heavy (non-hydrogen) atoms. The van der Waals surface area contributed by atoms with Gasteiger partial charge in [0.25, 0.3) is 5.91 Å². The molecule has 0 aliphatic rings. The number of rotatable bonds is 9. The summed E-state index contributed by atoms with van der Waals surface area (Å²) in [5, 5.41) is 8.61. The minimum absolute atomic E-state index is 0.0147. The lowest BCUT2D eigenvalue weighted by Crippen LogP contribution is -2.19. The van der Waals surface area contributed by atoms with Crippen molar-refractivity contribution in [2.24, 2.45) is 7.05 Å². The molecular formula is C19H27N5O2S2. The third-order valence-electron chi connectivity index (χ3n) is 4.03. The number of hydrogen-bond acceptors (Lipinski definition) is 6. The summed E-state index contributed by atoms with van der Waals surface area (Å²) in [4.78, 5) is 28.7. The molecule has 1 heterocycles. The van der Waals surface area contributed by atoms with Gasteiger partial charge in [0.15, 0.2) is 0 Å². The average Bonchev–Trinajstić information content (AvgIpc) is 3.03. The minimum atomic E-state index is -0.297. The standard InChI is InChI=1S/C19H27N5O2S2/c1-19(2,28-27-5)11-10-16(25)21-13-6-8-14(9-7-13)22-18(26)17-23-15(20-3)12-24(17)4/h6-9,12,20H,10-11H2,1-5H3,(H,21,25)(H,22,26). The van der Waals surface area contributed by atoms with Gasteiger partial charge in [-0.1, -0.05) is 21.6 Å². The molecule has 7 nitrogen and oxygen atoms in total. The van der Waals surface area contributed by atoms with Gasteiger partial charge in [0.05, 0.1) is 0 Å². The Kier molecular flexibility index (Phi) is 7.82. The molecule has 3 N–H and O–H groups in total. The highest BCUT2D eigenvalue weighted by molar-refractivity contribution is 8.76. The van der Waals surface area contributed by atoms with Gasteiger partial charge in [-0.3, -0.25) is 9.59 Å². The molecule has 0 bridgehead atoms. The zero-order valence-corrected chi connectivity index (χ0v) is 18.5. The second kappa shape index (κ2) is 9.88. The lowest BCUT2D eigenvalue weighted by atomic mass is 10.1. The molecule has 9 heteroatoms. The van der Waals surface area contributed by atoms with E-state index in [1.165, 1.54) is 0 Å². The van der Waals surface area contributed by atoms with E-state index in [1.807, 2.05) is 6.26 Å². The van der Waals surface area contributed by atoms with Crippen LogP contribution in [0.2, 0.25) is 0 Å². The van der Waals surface area contributed by atoms with Crippen LogP contribution in [0, 0.1) is 0 Å². The lowest BCUT2D eigenvalue weighted by molar-refractivity contribution is -0.116. The predicted molar refractivity (Wildman–Crippen MR) is 120 cm³/mol. The van der Waals surface area contributed by atoms with Gasteiger partial charge in [0.2, 0.25) is 11.7 Å². The summed E-state index contributed by atoms with van der Waals surface area (Å²) in [6, 6.07) is 7.05. The van der Waals surface area contributed by atoms with Gasteiger partial charge in [0.1, 0.15) is 5.82 Å². The van der Waals surface area contributed by atoms with Crippen LogP contribution in [0.15, 0.2) is 30.5 Å². The summed E-state index contributed by atoms with van der Waals surface area (Å²) in [5.41, 5.74) is 1.34. The van der Waals surface area contributed by atoms with E-state index in [0.29, 0.717) is 29.4 Å². The molecule has 0 aliphatic heterocycles. The summed E-state index contributed by atoms with van der Waals surface area (Å²) in [6.45, 7) is 4.28. The average molecular weight is 422 g/mol. The highest BCUT2D eigenvalue weighted by atomic mass is 33.1. The smallest absolute Gasteiger partial charge is 0.291 e. The zero-order chi connectivity index (χ0) is 20.7. The first-order valence-corrected chi connectivity index (χ1v) is 11.4. The van der Waals surface area contributed by atoms with Gasteiger partial charge in [-0.2, -0.15) is 0 Å². The van der Waals surface area contributed by atoms with E-state index >= 15 is 0 Å². The van der Waals surface area contributed by atoms with Crippen LogP contribution in [-0.2, 0) is 11.8 Å². The van der Waals surface area contributed by atoms with E-state index in [9.17, 15) is 9.59 Å². The Morgan fingerprint density at radius 3 is 2.29 bits per heavy atom. The van der Waals surface area contributed by atoms with Crippen LogP contribution in [-0.4, -0.2) is 39.4 Å².